The van der Waals surface area contributed by atoms with Crippen LogP contribution >= 0.6 is 7.82 Å². The molecule has 0 bridgehead atoms. The second-order valence-corrected chi connectivity index (χ2v) is 26.2. The number of nitrogens with zero attached hydrogens (tertiary/aromatic N) is 5. The molecule has 12 heterocycles. The topological polar surface area (TPSA) is 665 Å². The van der Waals surface area contributed by atoms with E-state index in [1.54, 1.807) is 13.8 Å². The van der Waals surface area contributed by atoms with Gasteiger partial charge in [0.05, 0.1) is 53.4 Å². The first-order valence-corrected chi connectivity index (χ1v) is 33.7. The van der Waals surface area contributed by atoms with E-state index in [2.05, 4.69) is 28.7 Å². The molecule has 107 heavy (non-hydrogen) atoms. The predicted octanol–water partition coefficient (Wildman–Crippen LogP) is -8.35. The molecule has 592 valence electrons. The van der Waals surface area contributed by atoms with Crippen molar-refractivity contribution in [2.75, 3.05) is 41.2 Å². The number of hydrogen-bond donors (Lipinski definition) is 15. The summed E-state index contributed by atoms with van der Waals surface area (Å²) in [4.78, 5) is 179. The molecule has 0 amide bonds. The molecular formula is C59H79N10O37P. The number of phosphoric acid groups is 1. The maximum atomic E-state index is 12.3. The fourth-order valence-corrected chi connectivity index (χ4v) is 12.5. The van der Waals surface area contributed by atoms with Crippen molar-refractivity contribution >= 4 is 25.7 Å². The van der Waals surface area contributed by atoms with Gasteiger partial charge in [-0.15, -0.1) is 0 Å². The number of phosphoric ester groups is 1. The fraction of sp³-hybridized carbons (Fsp3) is 0.610. The number of aliphatic hydroxyl groups excluding tert-OH is 8. The van der Waals surface area contributed by atoms with Crippen LogP contribution in [0.1, 0.15) is 117 Å². The molecule has 12 rings (SSSR count). The second kappa shape index (κ2) is 34.2. The molecule has 5 aromatic rings. The molecule has 7 fully saturated rings. The normalized spacial score (nSPS) is 30.6. The van der Waals surface area contributed by atoms with Gasteiger partial charge in [-0.05, 0) is 40.5 Å². The van der Waals surface area contributed by atoms with Crippen molar-refractivity contribution in [1.82, 2.24) is 47.8 Å². The van der Waals surface area contributed by atoms with E-state index in [4.69, 9.17) is 62.6 Å². The van der Waals surface area contributed by atoms with Crippen LogP contribution in [-0.2, 0) is 65.9 Å². The molecule has 0 aromatic carbocycles. The van der Waals surface area contributed by atoms with Gasteiger partial charge in [-0.25, -0.2) is 42.9 Å². The molecule has 20 atom stereocenters. The molecule has 7 aliphatic heterocycles. The minimum Gasteiger partial charge on any atom is -0.464 e. The van der Waals surface area contributed by atoms with Gasteiger partial charge in [0, 0.05) is 42.7 Å². The summed E-state index contributed by atoms with van der Waals surface area (Å²) in [6.07, 6.45) is -16.3. The van der Waals surface area contributed by atoms with Gasteiger partial charge >= 0.3 is 54.2 Å². The molecule has 0 saturated carbocycles. The summed E-state index contributed by atoms with van der Waals surface area (Å²) in [6.45, 7) is 9.26. The van der Waals surface area contributed by atoms with E-state index < -0.39 is 217 Å². The number of aliphatic hydroxyl groups is 8. The van der Waals surface area contributed by atoms with Crippen LogP contribution in [0.15, 0.2) is 90.7 Å². The fourth-order valence-electron chi connectivity index (χ4n) is 12.2. The zero-order chi connectivity index (χ0) is 79.4. The van der Waals surface area contributed by atoms with E-state index >= 15 is 0 Å². The molecule has 0 radical (unpaired) electrons. The number of nitrogens with one attached hydrogen (secondary N) is 5. The lowest BCUT2D eigenvalue weighted by Gasteiger charge is -2.25. The van der Waals surface area contributed by atoms with Crippen molar-refractivity contribution in [3.8, 4) is 0 Å². The van der Waals surface area contributed by atoms with Gasteiger partial charge in [-0.1, -0.05) is 13.8 Å². The number of aromatic nitrogens is 10. The van der Waals surface area contributed by atoms with E-state index in [9.17, 15) is 97.5 Å². The summed E-state index contributed by atoms with van der Waals surface area (Å²) >= 11 is 0. The summed E-state index contributed by atoms with van der Waals surface area (Å²) in [5.74, 6) is -4.41. The van der Waals surface area contributed by atoms with Crippen molar-refractivity contribution in [2.24, 2.45) is 0 Å². The minimum atomic E-state index is -4.87. The Labute approximate surface area is 596 Å². The highest BCUT2D eigenvalue weighted by atomic mass is 31.2. The molecule has 0 spiro atoms. The molecule has 47 nitrogen and oxygen atoms in total. The van der Waals surface area contributed by atoms with Gasteiger partial charge in [0.25, 0.3) is 27.8 Å². The standard InChI is InChI=1S/C15H20N2O7.C13H18N2O5.C11H15N2O11P.C11H14N2O8.C9H12N2O6/c1-5-8-10-11(24-15(2,3)23-10)12(22-8)17-7(13(19)21-4)6-9(18)16-14(17)20;1-4-7-9-10(20-13(2,3)19-9)11(18-7)15-6-5-8(16)14-12(15)17;1-22-10(17)4-2-6(14)12-11(18)13(4)9-8(16)7(15)5(24-9)3-23-25(19,20)21;1-20-10(18)4-2-6(15)12-11(19)13(4)9-8(17)7(16)5(3-14)21-9;12-3-4-6(14)7(15)8(17-4)11-2-1-5(13)10-9(11)16/h6,8,10-12H,5H2,1-4H3,(H,16,18,20);5-7,9-11H,4H2,1-3H3,(H,14,16,17);2,5,7-9,15-16H,3H2,1H3,(H,12,14,18)(H2,19,20,21);2,5,7-9,14,16-17H,3H2,1H3,(H,12,15,19);1-2,4,6-8,12,14-15H,3H2,(H,10,13,16)/t8-,10+,11?,12-;7-,9+,10?,11-;2*5-,7+,8?,9-;4-,6+,7?,8-/m11111/s1. The van der Waals surface area contributed by atoms with E-state index in [1.165, 1.54) is 23.9 Å². The molecule has 0 aliphatic carbocycles. The smallest absolute Gasteiger partial charge is 0.464 e. The Morgan fingerprint density at radius 3 is 1.07 bits per heavy atom. The second-order valence-electron chi connectivity index (χ2n) is 25.0. The van der Waals surface area contributed by atoms with Gasteiger partial charge in [0.15, 0.2) is 42.7 Å². The third-order valence-electron chi connectivity index (χ3n) is 17.0. The van der Waals surface area contributed by atoms with Crippen LogP contribution in [0.2, 0.25) is 0 Å². The minimum absolute atomic E-state index is 0.134. The lowest BCUT2D eigenvalue weighted by atomic mass is 10.1. The van der Waals surface area contributed by atoms with Crippen LogP contribution in [0.4, 0.5) is 0 Å². The number of H-pyrrole nitrogens is 5. The predicted molar refractivity (Wildman–Crippen MR) is 347 cm³/mol. The molecule has 5 aromatic heterocycles. The first-order valence-electron chi connectivity index (χ1n) is 32.1. The largest absolute Gasteiger partial charge is 0.469 e. The average molecular weight is 1550 g/mol. The summed E-state index contributed by atoms with van der Waals surface area (Å²) in [6, 6.07) is 4.93. The van der Waals surface area contributed by atoms with Crippen LogP contribution in [0.5, 0.6) is 0 Å². The Hall–Kier alpha value is -8.76. The van der Waals surface area contributed by atoms with Crippen molar-refractivity contribution in [3.05, 3.63) is 164 Å². The van der Waals surface area contributed by atoms with E-state index in [0.29, 0.717) is 15.6 Å². The summed E-state index contributed by atoms with van der Waals surface area (Å²) in [5.41, 5.74) is -8.80. The summed E-state index contributed by atoms with van der Waals surface area (Å²) in [5, 5.41) is 76.6. The van der Waals surface area contributed by atoms with Crippen molar-refractivity contribution in [2.45, 2.75) is 189 Å². The molecule has 5 unspecified atom stereocenters. The summed E-state index contributed by atoms with van der Waals surface area (Å²) in [7, 11) is -1.65. The number of aromatic amines is 5. The first kappa shape index (κ1) is 83.9. The van der Waals surface area contributed by atoms with Crippen molar-refractivity contribution < 1.29 is 131 Å². The van der Waals surface area contributed by atoms with Gasteiger partial charge < -0.3 is 107 Å². The highest BCUT2D eigenvalue weighted by molar-refractivity contribution is 7.46. The number of hydrogen-bond acceptors (Lipinski definition) is 35. The zero-order valence-electron chi connectivity index (χ0n) is 57.8. The SMILES string of the molecule is CC[C@H]1O[C@@H](n2c(C(=O)OC)cc(=O)[nH]c2=O)C2OC(C)(C)O[C@H]21.CC[C@H]1O[C@@H](n2ccc(=O)[nH]c2=O)C2OC(C)(C)O[C@H]21.COC(=O)c1cc(=O)[nH]c(=O)n1[C@@H]1O[C@H](CO)[C@H](O)C1O.COC(=O)c1cc(=O)[nH]c(=O)n1[C@@H]1O[C@H](COP(=O)(O)O)[C@H](O)C1O.O=c1ccn([C@@H]2O[C@H](CO)[C@H](O)C2O)c(=O)[nH]1. The maximum absolute atomic E-state index is 12.3. The maximum Gasteiger partial charge on any atom is 0.469 e. The lowest BCUT2D eigenvalue weighted by molar-refractivity contribution is -0.197. The highest BCUT2D eigenvalue weighted by Gasteiger charge is 2.58. The van der Waals surface area contributed by atoms with Crippen molar-refractivity contribution in [3.63, 3.8) is 0 Å². The van der Waals surface area contributed by atoms with Crippen LogP contribution in [0.25, 0.3) is 0 Å². The number of ether oxygens (including phenoxy) is 12. The molecular weight excluding hydrogens is 1470 g/mol. The highest BCUT2D eigenvalue weighted by Crippen LogP contribution is 2.45. The third kappa shape index (κ3) is 18.7. The Morgan fingerprint density at radius 1 is 0.430 bits per heavy atom. The third-order valence-corrected chi connectivity index (χ3v) is 17.4. The first-order chi connectivity index (χ1) is 50.2. The van der Waals surface area contributed by atoms with Gasteiger partial charge in [-0.2, -0.15) is 0 Å². The zero-order valence-corrected chi connectivity index (χ0v) is 58.7. The van der Waals surface area contributed by atoms with Crippen LogP contribution in [0, 0.1) is 0 Å². The Kier molecular flexibility index (Phi) is 26.8. The van der Waals surface area contributed by atoms with Gasteiger partial charge in [-0.3, -0.25) is 76.3 Å². The van der Waals surface area contributed by atoms with E-state index in [0.717, 1.165) is 60.2 Å². The monoisotopic (exact) mass is 1550 g/mol. The average Bonchev–Trinajstić information content (AvgIpc) is 1.62. The van der Waals surface area contributed by atoms with Crippen molar-refractivity contribution in [1.29, 1.82) is 0 Å². The van der Waals surface area contributed by atoms with Crippen LogP contribution in [0.3, 0.4) is 0 Å². The number of carbonyl (C=O) groups excluding carboxylic acids is 3. The van der Waals surface area contributed by atoms with Crippen LogP contribution in [-0.4, -0.2) is 261 Å². The molecule has 15 N–H and O–H groups in total. The Morgan fingerprint density at radius 2 is 0.729 bits per heavy atom. The van der Waals surface area contributed by atoms with Crippen LogP contribution < -0.4 is 56.2 Å². The lowest BCUT2D eigenvalue weighted by Crippen LogP contribution is -2.41. The number of methoxy groups -OCH3 is 3. The number of rotatable bonds is 15. The number of carbonyl (C=O) groups is 3. The molecule has 48 heteroatoms. The summed E-state index contributed by atoms with van der Waals surface area (Å²) < 4.78 is 83.8. The Balaban J connectivity index is 0.000000170. The van der Waals surface area contributed by atoms with Gasteiger partial charge in [0.2, 0.25) is 0 Å². The Bertz CT molecular complexity index is 4700. The molecule has 7 aliphatic rings. The number of fused-ring (bicyclic) bond motifs is 2. The van der Waals surface area contributed by atoms with E-state index in [-0.39, 0.29) is 36.2 Å². The van der Waals surface area contributed by atoms with E-state index in [1.807, 2.05) is 42.6 Å². The molecule has 7 saturated heterocycles. The quantitative estimate of drug-likeness (QED) is 0.0263. The van der Waals surface area contributed by atoms with Gasteiger partial charge in [0.1, 0.15) is 96.4 Å². The number of esters is 3.